The third-order valence-corrected chi connectivity index (χ3v) is 4.07. The second-order valence-electron chi connectivity index (χ2n) is 5.00. The molecule has 24 heavy (non-hydrogen) atoms. The number of ether oxygens (including phenoxy) is 1. The standard InChI is InChI=1S/C17H15Cl2NO4/c18-13-8-4-7-12(16(13)19)14(9-15(21)22)20-17(23)24-10-11-5-2-1-3-6-11/h1-8,14H,9-10H2,(H,20,23)(H,21,22). The van der Waals surface area contributed by atoms with Gasteiger partial charge in [-0.3, -0.25) is 4.79 Å². The number of halogens is 2. The lowest BCUT2D eigenvalue weighted by Crippen LogP contribution is -2.30. The highest BCUT2D eigenvalue weighted by Crippen LogP contribution is 2.31. The minimum atomic E-state index is -1.08. The molecule has 2 N–H and O–H groups in total. The molecule has 126 valence electrons. The van der Waals surface area contributed by atoms with Crippen molar-refractivity contribution in [1.82, 2.24) is 5.32 Å². The van der Waals surface area contributed by atoms with Gasteiger partial charge in [0.25, 0.3) is 0 Å². The van der Waals surface area contributed by atoms with Crippen LogP contribution in [0.25, 0.3) is 0 Å². The average molecular weight is 368 g/mol. The van der Waals surface area contributed by atoms with Crippen LogP contribution in [0.5, 0.6) is 0 Å². The Bertz CT molecular complexity index is 722. The zero-order chi connectivity index (χ0) is 17.5. The molecule has 1 atom stereocenters. The molecule has 2 aromatic rings. The Morgan fingerprint density at radius 1 is 1.08 bits per heavy atom. The van der Waals surface area contributed by atoms with Gasteiger partial charge in [-0.05, 0) is 17.2 Å². The summed E-state index contributed by atoms with van der Waals surface area (Å²) < 4.78 is 5.11. The number of hydrogen-bond donors (Lipinski definition) is 2. The Hall–Kier alpha value is -2.24. The fraction of sp³-hybridized carbons (Fsp3) is 0.176. The van der Waals surface area contributed by atoms with E-state index in [-0.39, 0.29) is 23.1 Å². The summed E-state index contributed by atoms with van der Waals surface area (Å²) in [6.45, 7) is 0.0791. The van der Waals surface area contributed by atoms with Gasteiger partial charge in [-0.25, -0.2) is 4.79 Å². The number of aliphatic carboxylic acids is 1. The molecule has 1 unspecified atom stereocenters. The van der Waals surface area contributed by atoms with Crippen LogP contribution in [-0.2, 0) is 16.1 Å². The smallest absolute Gasteiger partial charge is 0.407 e. The number of carboxylic acid groups (broad SMARTS) is 1. The molecular weight excluding hydrogens is 353 g/mol. The zero-order valence-corrected chi connectivity index (χ0v) is 14.1. The van der Waals surface area contributed by atoms with E-state index >= 15 is 0 Å². The van der Waals surface area contributed by atoms with E-state index in [4.69, 9.17) is 33.0 Å². The van der Waals surface area contributed by atoms with Gasteiger partial charge < -0.3 is 15.2 Å². The van der Waals surface area contributed by atoms with Crippen molar-refractivity contribution in [1.29, 1.82) is 0 Å². The minimum Gasteiger partial charge on any atom is -0.481 e. The topological polar surface area (TPSA) is 75.6 Å². The van der Waals surface area contributed by atoms with Crippen LogP contribution in [0.2, 0.25) is 10.0 Å². The predicted octanol–water partition coefficient (Wildman–Crippen LogP) is 4.44. The highest BCUT2D eigenvalue weighted by Gasteiger charge is 2.22. The Morgan fingerprint density at radius 3 is 2.46 bits per heavy atom. The molecule has 0 saturated carbocycles. The van der Waals surface area contributed by atoms with Crippen LogP contribution in [0.15, 0.2) is 48.5 Å². The Balaban J connectivity index is 2.07. The van der Waals surface area contributed by atoms with Crippen LogP contribution in [0, 0.1) is 0 Å². The number of amides is 1. The lowest BCUT2D eigenvalue weighted by molar-refractivity contribution is -0.137. The third kappa shape index (κ3) is 5.15. The van der Waals surface area contributed by atoms with Gasteiger partial charge >= 0.3 is 12.1 Å². The molecule has 0 saturated heterocycles. The van der Waals surface area contributed by atoms with Gasteiger partial charge in [-0.2, -0.15) is 0 Å². The molecule has 7 heteroatoms. The summed E-state index contributed by atoms with van der Waals surface area (Å²) in [6.07, 6.45) is -1.08. The van der Waals surface area contributed by atoms with Crippen molar-refractivity contribution in [2.75, 3.05) is 0 Å². The van der Waals surface area contributed by atoms with Gasteiger partial charge in [0, 0.05) is 0 Å². The van der Waals surface area contributed by atoms with E-state index in [1.54, 1.807) is 18.2 Å². The second kappa shape index (κ2) is 8.57. The van der Waals surface area contributed by atoms with Crippen molar-refractivity contribution in [3.05, 3.63) is 69.7 Å². The van der Waals surface area contributed by atoms with Crippen molar-refractivity contribution in [3.63, 3.8) is 0 Å². The number of nitrogens with one attached hydrogen (secondary N) is 1. The molecule has 0 heterocycles. The van der Waals surface area contributed by atoms with Crippen LogP contribution < -0.4 is 5.32 Å². The molecule has 0 aromatic heterocycles. The van der Waals surface area contributed by atoms with Crippen LogP contribution in [0.1, 0.15) is 23.6 Å². The highest BCUT2D eigenvalue weighted by molar-refractivity contribution is 6.42. The first-order valence-electron chi connectivity index (χ1n) is 7.10. The van der Waals surface area contributed by atoms with Gasteiger partial charge in [0.15, 0.2) is 0 Å². The molecule has 2 rings (SSSR count). The molecule has 2 aromatic carbocycles. The average Bonchev–Trinajstić information content (AvgIpc) is 2.55. The van der Waals surface area contributed by atoms with E-state index in [1.807, 2.05) is 30.3 Å². The van der Waals surface area contributed by atoms with Gasteiger partial charge in [-0.15, -0.1) is 0 Å². The summed E-state index contributed by atoms with van der Waals surface area (Å²) >= 11 is 12.1. The van der Waals surface area contributed by atoms with E-state index in [2.05, 4.69) is 5.32 Å². The number of hydrogen-bond acceptors (Lipinski definition) is 3. The third-order valence-electron chi connectivity index (χ3n) is 3.24. The first-order chi connectivity index (χ1) is 11.5. The van der Waals surface area contributed by atoms with Crippen molar-refractivity contribution in [2.45, 2.75) is 19.1 Å². The molecule has 5 nitrogen and oxygen atoms in total. The zero-order valence-electron chi connectivity index (χ0n) is 12.5. The SMILES string of the molecule is O=C(O)CC(NC(=O)OCc1ccccc1)c1cccc(Cl)c1Cl. The number of rotatable bonds is 6. The quantitative estimate of drug-likeness (QED) is 0.791. The number of alkyl carbamates (subject to hydrolysis) is 1. The monoisotopic (exact) mass is 367 g/mol. The van der Waals surface area contributed by atoms with E-state index in [1.165, 1.54) is 0 Å². The minimum absolute atomic E-state index is 0.0791. The Morgan fingerprint density at radius 2 is 1.79 bits per heavy atom. The molecule has 0 bridgehead atoms. The van der Waals surface area contributed by atoms with E-state index in [9.17, 15) is 9.59 Å². The molecule has 0 aliphatic carbocycles. The molecule has 0 spiro atoms. The normalized spacial score (nSPS) is 11.6. The van der Waals surface area contributed by atoms with Gasteiger partial charge in [0.1, 0.15) is 6.61 Å². The number of carbonyl (C=O) groups excluding carboxylic acids is 1. The van der Waals surface area contributed by atoms with Crippen molar-refractivity contribution >= 4 is 35.3 Å². The fourth-order valence-corrected chi connectivity index (χ4v) is 2.55. The summed E-state index contributed by atoms with van der Waals surface area (Å²) in [5, 5.41) is 12.1. The maximum Gasteiger partial charge on any atom is 0.407 e. The maximum absolute atomic E-state index is 12.0. The molecule has 0 aliphatic rings. The fourth-order valence-electron chi connectivity index (χ4n) is 2.11. The summed E-state index contributed by atoms with van der Waals surface area (Å²) in [5.41, 5.74) is 1.24. The summed E-state index contributed by atoms with van der Waals surface area (Å²) in [4.78, 5) is 23.0. The van der Waals surface area contributed by atoms with Crippen molar-refractivity contribution in [2.24, 2.45) is 0 Å². The first kappa shape index (κ1) is 18.1. The lowest BCUT2D eigenvalue weighted by atomic mass is 10.0. The van der Waals surface area contributed by atoms with Crippen LogP contribution in [0.3, 0.4) is 0 Å². The largest absolute Gasteiger partial charge is 0.481 e. The van der Waals surface area contributed by atoms with E-state index in [0.717, 1.165) is 5.56 Å². The predicted molar refractivity (Wildman–Crippen MR) is 91.2 cm³/mol. The van der Waals surface area contributed by atoms with Crippen LogP contribution in [0.4, 0.5) is 4.79 Å². The second-order valence-corrected chi connectivity index (χ2v) is 5.78. The van der Waals surface area contributed by atoms with Gasteiger partial charge in [0.05, 0.1) is 22.5 Å². The summed E-state index contributed by atoms with van der Waals surface area (Å²) in [5.74, 6) is -1.08. The summed E-state index contributed by atoms with van der Waals surface area (Å²) in [7, 11) is 0. The molecule has 1 amide bonds. The van der Waals surface area contributed by atoms with Gasteiger partial charge in [0.2, 0.25) is 0 Å². The Labute approximate surface area is 149 Å². The molecule has 0 aliphatic heterocycles. The van der Waals surface area contributed by atoms with Crippen molar-refractivity contribution in [3.8, 4) is 0 Å². The maximum atomic E-state index is 12.0. The molecule has 0 radical (unpaired) electrons. The van der Waals surface area contributed by atoms with Crippen LogP contribution >= 0.6 is 23.2 Å². The summed E-state index contributed by atoms with van der Waals surface area (Å²) in [6, 6.07) is 13.1. The van der Waals surface area contributed by atoms with Gasteiger partial charge in [-0.1, -0.05) is 65.7 Å². The van der Waals surface area contributed by atoms with Crippen LogP contribution in [-0.4, -0.2) is 17.2 Å². The lowest BCUT2D eigenvalue weighted by Gasteiger charge is -2.19. The first-order valence-corrected chi connectivity index (χ1v) is 7.86. The van der Waals surface area contributed by atoms with Crippen molar-refractivity contribution < 1.29 is 19.4 Å². The number of benzene rings is 2. The molecule has 0 fully saturated rings. The Kier molecular flexibility index (Phi) is 6.46. The molecular formula is C17H15Cl2NO4. The van der Waals surface area contributed by atoms with E-state index < -0.39 is 18.1 Å². The van der Waals surface area contributed by atoms with E-state index in [0.29, 0.717) is 5.56 Å². The number of carbonyl (C=O) groups is 2. The number of carboxylic acids is 1. The highest BCUT2D eigenvalue weighted by atomic mass is 35.5.